The summed E-state index contributed by atoms with van der Waals surface area (Å²) in [6.45, 7) is 3.60. The fourth-order valence-corrected chi connectivity index (χ4v) is 2.43. The number of hydrogen-bond donors (Lipinski definition) is 2. The molecular formula is C9H14N2O2S2. The largest absolute Gasteiger partial charge is 0.395 e. The van der Waals surface area contributed by atoms with Crippen LogP contribution in [-0.4, -0.2) is 27.9 Å². The molecule has 0 fully saturated rings. The van der Waals surface area contributed by atoms with Gasteiger partial charge in [0.2, 0.25) is 5.91 Å². The first-order chi connectivity index (χ1) is 7.11. The summed E-state index contributed by atoms with van der Waals surface area (Å²) in [5.74, 6) is 0.657. The number of aliphatic hydroxyl groups excluding tert-OH is 1. The topological polar surface area (TPSA) is 62.2 Å². The molecule has 0 aliphatic carbocycles. The number of nitrogens with zero attached hydrogens (tertiary/aromatic N) is 1. The lowest BCUT2D eigenvalue weighted by molar-refractivity contribution is -0.114. The zero-order valence-electron chi connectivity index (χ0n) is 8.69. The van der Waals surface area contributed by atoms with Gasteiger partial charge in [-0.15, -0.1) is 23.1 Å². The van der Waals surface area contributed by atoms with Crippen molar-refractivity contribution in [2.75, 3.05) is 11.9 Å². The number of amides is 1. The normalized spacial score (nSPS) is 12.5. The summed E-state index contributed by atoms with van der Waals surface area (Å²) >= 11 is 3.06. The quantitative estimate of drug-likeness (QED) is 0.830. The lowest BCUT2D eigenvalue weighted by atomic mass is 10.5. The van der Waals surface area contributed by atoms with E-state index in [1.54, 1.807) is 11.8 Å². The highest BCUT2D eigenvalue weighted by atomic mass is 32.2. The number of thiazole rings is 1. The number of aromatic nitrogens is 1. The number of aliphatic hydroxyl groups is 1. The number of anilines is 1. The van der Waals surface area contributed by atoms with Crippen LogP contribution in [0.1, 0.15) is 19.5 Å². The van der Waals surface area contributed by atoms with Crippen LogP contribution in [0.2, 0.25) is 0 Å². The Hall–Kier alpha value is -0.590. The molecule has 0 aromatic carbocycles. The van der Waals surface area contributed by atoms with Gasteiger partial charge in [0, 0.05) is 23.3 Å². The van der Waals surface area contributed by atoms with Gasteiger partial charge >= 0.3 is 0 Å². The fraction of sp³-hybridized carbons (Fsp3) is 0.556. The van der Waals surface area contributed by atoms with Crippen molar-refractivity contribution < 1.29 is 9.90 Å². The van der Waals surface area contributed by atoms with E-state index in [4.69, 9.17) is 5.11 Å². The third-order valence-corrected chi connectivity index (χ3v) is 3.59. The lowest BCUT2D eigenvalue weighted by Crippen LogP contribution is -2.05. The molecule has 1 heterocycles. The van der Waals surface area contributed by atoms with Crippen molar-refractivity contribution in [2.45, 2.75) is 24.9 Å². The second-order valence-corrected chi connectivity index (χ2v) is 5.41. The van der Waals surface area contributed by atoms with Crippen LogP contribution in [-0.2, 0) is 10.5 Å². The molecule has 0 aliphatic rings. The van der Waals surface area contributed by atoms with E-state index in [1.807, 2.05) is 12.3 Å². The molecule has 1 amide bonds. The maximum Gasteiger partial charge on any atom is 0.223 e. The third-order valence-electron chi connectivity index (χ3n) is 1.61. The molecule has 84 valence electrons. The van der Waals surface area contributed by atoms with E-state index < -0.39 is 0 Å². The molecule has 1 atom stereocenters. The summed E-state index contributed by atoms with van der Waals surface area (Å²) < 4.78 is 0. The van der Waals surface area contributed by atoms with E-state index in [2.05, 4.69) is 10.3 Å². The first kappa shape index (κ1) is 12.5. The maximum atomic E-state index is 10.8. The molecule has 1 unspecified atom stereocenters. The Balaban J connectivity index is 2.42. The summed E-state index contributed by atoms with van der Waals surface area (Å²) in [5.41, 5.74) is 0.939. The van der Waals surface area contributed by atoms with Crippen LogP contribution in [0.4, 0.5) is 5.13 Å². The van der Waals surface area contributed by atoms with Crippen molar-refractivity contribution in [1.82, 2.24) is 4.98 Å². The van der Waals surface area contributed by atoms with Crippen molar-refractivity contribution in [1.29, 1.82) is 0 Å². The van der Waals surface area contributed by atoms with Crippen LogP contribution < -0.4 is 5.32 Å². The molecule has 1 rings (SSSR count). The highest BCUT2D eigenvalue weighted by Gasteiger charge is 2.05. The molecule has 2 N–H and O–H groups in total. The van der Waals surface area contributed by atoms with Crippen LogP contribution in [0.3, 0.4) is 0 Å². The predicted octanol–water partition coefficient (Wildman–Crippen LogP) is 1.72. The molecule has 0 aliphatic heterocycles. The molecule has 1 aromatic heterocycles. The minimum atomic E-state index is -0.104. The Bertz CT molecular complexity index is 328. The van der Waals surface area contributed by atoms with Gasteiger partial charge in [-0.3, -0.25) is 4.79 Å². The molecule has 4 nitrogen and oxygen atoms in total. The molecule has 0 bridgehead atoms. The zero-order valence-corrected chi connectivity index (χ0v) is 10.3. The Kier molecular flexibility index (Phi) is 5.07. The Morgan fingerprint density at radius 2 is 2.53 bits per heavy atom. The van der Waals surface area contributed by atoms with E-state index >= 15 is 0 Å². The van der Waals surface area contributed by atoms with E-state index in [0.29, 0.717) is 5.13 Å². The van der Waals surface area contributed by atoms with Crippen LogP contribution in [0, 0.1) is 0 Å². The molecule has 0 spiro atoms. The van der Waals surface area contributed by atoms with E-state index in [1.165, 1.54) is 18.3 Å². The van der Waals surface area contributed by atoms with Gasteiger partial charge in [0.25, 0.3) is 0 Å². The maximum absolute atomic E-state index is 10.8. The van der Waals surface area contributed by atoms with Crippen LogP contribution in [0.15, 0.2) is 5.38 Å². The van der Waals surface area contributed by atoms with Crippen molar-refractivity contribution in [3.05, 3.63) is 11.1 Å². The van der Waals surface area contributed by atoms with E-state index in [9.17, 15) is 4.79 Å². The standard InChI is InChI=1S/C9H14N2O2S2/c1-6(3-12)14-4-8-5-15-9(11-8)10-7(2)13/h5-6,12H,3-4H2,1-2H3,(H,10,11,13). The summed E-state index contributed by atoms with van der Waals surface area (Å²) in [5, 5.41) is 14.2. The fourth-order valence-electron chi connectivity index (χ4n) is 0.862. The molecule has 0 saturated heterocycles. The molecular weight excluding hydrogens is 232 g/mol. The van der Waals surface area contributed by atoms with Crippen LogP contribution in [0.25, 0.3) is 0 Å². The van der Waals surface area contributed by atoms with Crippen molar-refractivity contribution >= 4 is 34.1 Å². The first-order valence-electron chi connectivity index (χ1n) is 4.56. The second kappa shape index (κ2) is 6.09. The highest BCUT2D eigenvalue weighted by Crippen LogP contribution is 2.21. The number of nitrogens with one attached hydrogen (secondary N) is 1. The number of carbonyl (C=O) groups excluding carboxylic acids is 1. The smallest absolute Gasteiger partial charge is 0.223 e. The number of carbonyl (C=O) groups is 1. The molecule has 0 radical (unpaired) electrons. The molecule has 15 heavy (non-hydrogen) atoms. The molecule has 6 heteroatoms. The minimum Gasteiger partial charge on any atom is -0.395 e. The van der Waals surface area contributed by atoms with Crippen molar-refractivity contribution in [2.24, 2.45) is 0 Å². The van der Waals surface area contributed by atoms with Crippen molar-refractivity contribution in [3.63, 3.8) is 0 Å². The van der Waals surface area contributed by atoms with Gasteiger partial charge in [-0.25, -0.2) is 4.98 Å². The summed E-state index contributed by atoms with van der Waals surface area (Å²) in [6, 6.07) is 0. The minimum absolute atomic E-state index is 0.104. The van der Waals surface area contributed by atoms with Gasteiger partial charge in [0.05, 0.1) is 12.3 Å². The Morgan fingerprint density at radius 3 is 3.13 bits per heavy atom. The van der Waals surface area contributed by atoms with Gasteiger partial charge < -0.3 is 10.4 Å². The lowest BCUT2D eigenvalue weighted by Gasteiger charge is -2.04. The molecule has 0 saturated carbocycles. The third kappa shape index (κ3) is 4.63. The number of rotatable bonds is 5. The highest BCUT2D eigenvalue weighted by molar-refractivity contribution is 7.99. The van der Waals surface area contributed by atoms with Crippen LogP contribution in [0.5, 0.6) is 0 Å². The van der Waals surface area contributed by atoms with Gasteiger partial charge in [0.15, 0.2) is 5.13 Å². The SMILES string of the molecule is CC(=O)Nc1nc(CSC(C)CO)cs1. The molecule has 1 aromatic rings. The average Bonchev–Trinajstić information content (AvgIpc) is 2.61. The second-order valence-electron chi connectivity index (χ2n) is 3.13. The summed E-state index contributed by atoms with van der Waals surface area (Å²) in [4.78, 5) is 15.0. The van der Waals surface area contributed by atoms with Gasteiger partial charge in [-0.05, 0) is 0 Å². The number of thioether (sulfide) groups is 1. The Morgan fingerprint density at radius 1 is 1.80 bits per heavy atom. The van der Waals surface area contributed by atoms with E-state index in [0.717, 1.165) is 11.4 Å². The average molecular weight is 246 g/mol. The predicted molar refractivity (Wildman–Crippen MR) is 64.3 cm³/mol. The van der Waals surface area contributed by atoms with Crippen LogP contribution >= 0.6 is 23.1 Å². The van der Waals surface area contributed by atoms with Gasteiger partial charge in [-0.1, -0.05) is 6.92 Å². The van der Waals surface area contributed by atoms with Gasteiger partial charge in [0.1, 0.15) is 0 Å². The van der Waals surface area contributed by atoms with Crippen molar-refractivity contribution in [3.8, 4) is 0 Å². The summed E-state index contributed by atoms with van der Waals surface area (Å²) in [6.07, 6.45) is 0. The summed E-state index contributed by atoms with van der Waals surface area (Å²) in [7, 11) is 0. The monoisotopic (exact) mass is 246 g/mol. The first-order valence-corrected chi connectivity index (χ1v) is 6.49. The van der Waals surface area contributed by atoms with Gasteiger partial charge in [-0.2, -0.15) is 0 Å². The Labute approximate surface area is 97.1 Å². The van der Waals surface area contributed by atoms with E-state index in [-0.39, 0.29) is 17.8 Å². The zero-order chi connectivity index (χ0) is 11.3. The number of hydrogen-bond acceptors (Lipinski definition) is 5.